The van der Waals surface area contributed by atoms with Crippen LogP contribution in [-0.4, -0.2) is 0 Å². The Morgan fingerprint density at radius 1 is 0.612 bits per heavy atom. The topological polar surface area (TPSA) is 3.24 Å². The minimum Gasteiger partial charge on any atom is -0.310 e. The number of hydrogen-bond acceptors (Lipinski definition) is 1. The van der Waals surface area contributed by atoms with Crippen molar-refractivity contribution in [2.75, 3.05) is 4.90 Å². The zero-order chi connectivity index (χ0) is 34.1. The number of fused-ring (bicyclic) bond motifs is 4. The maximum atomic E-state index is 4.18. The first-order chi connectivity index (χ1) is 23.9. The fourth-order valence-corrected chi connectivity index (χ4v) is 7.56. The van der Waals surface area contributed by atoms with Crippen LogP contribution in [0.3, 0.4) is 0 Å². The summed E-state index contributed by atoms with van der Waals surface area (Å²) in [6.07, 6.45) is 12.8. The van der Waals surface area contributed by atoms with Crippen molar-refractivity contribution in [3.63, 3.8) is 0 Å². The van der Waals surface area contributed by atoms with Crippen LogP contribution in [0.2, 0.25) is 0 Å². The molecule has 0 bridgehead atoms. The summed E-state index contributed by atoms with van der Waals surface area (Å²) in [6, 6.07) is 44.6. The molecule has 0 N–H and O–H groups in total. The molecule has 6 aromatic carbocycles. The predicted octanol–water partition coefficient (Wildman–Crippen LogP) is 13.8. The highest BCUT2D eigenvalue weighted by Gasteiger charge is 2.36. The first kappa shape index (κ1) is 31.9. The average molecular weight is 634 g/mol. The van der Waals surface area contributed by atoms with Crippen LogP contribution >= 0.6 is 0 Å². The number of benzene rings is 6. The van der Waals surface area contributed by atoms with Gasteiger partial charge in [-0.25, -0.2) is 0 Å². The number of rotatable bonds is 8. The van der Waals surface area contributed by atoms with E-state index < -0.39 is 0 Å². The van der Waals surface area contributed by atoms with Crippen molar-refractivity contribution < 1.29 is 0 Å². The van der Waals surface area contributed by atoms with Crippen LogP contribution in [0.15, 0.2) is 158 Å². The fourth-order valence-electron chi connectivity index (χ4n) is 7.56. The van der Waals surface area contributed by atoms with Crippen LogP contribution in [0.25, 0.3) is 56.3 Å². The molecular weight excluding hydrogens is 591 g/mol. The van der Waals surface area contributed by atoms with Crippen molar-refractivity contribution in [3.8, 4) is 33.4 Å². The predicted molar refractivity (Wildman–Crippen MR) is 214 cm³/mol. The van der Waals surface area contributed by atoms with Gasteiger partial charge in [-0.05, 0) is 112 Å². The third kappa shape index (κ3) is 5.56. The van der Waals surface area contributed by atoms with E-state index in [2.05, 4.69) is 198 Å². The lowest BCUT2D eigenvalue weighted by atomic mass is 9.81. The molecule has 0 heterocycles. The highest BCUT2D eigenvalue weighted by Crippen LogP contribution is 2.52. The smallest absolute Gasteiger partial charge is 0.0546 e. The van der Waals surface area contributed by atoms with E-state index in [1.54, 1.807) is 0 Å². The van der Waals surface area contributed by atoms with Gasteiger partial charge in [0.25, 0.3) is 0 Å². The standard InChI is InChI=1S/C48H43N/c1-7-16-37-31-47(44-21-15-14-20-41(44)40(37)10-4)49(38(9-3)17-8-2)39-27-29-43-42-28-26-36(30-45(42)48(5,6)46(43)32-39)35-24-22-34(23-25-35)33-18-12-11-13-19-33/h7-32H,4H2,1-3,5-6H3/b16-7-,17-8-,38-9+. The maximum absolute atomic E-state index is 4.18. The maximum Gasteiger partial charge on any atom is 0.0546 e. The summed E-state index contributed by atoms with van der Waals surface area (Å²) >= 11 is 0. The molecule has 1 aliphatic rings. The summed E-state index contributed by atoms with van der Waals surface area (Å²) < 4.78 is 0. The fraction of sp³-hybridized carbons (Fsp3) is 0.125. The second-order valence-corrected chi connectivity index (χ2v) is 13.3. The summed E-state index contributed by atoms with van der Waals surface area (Å²) in [5.74, 6) is 0. The van der Waals surface area contributed by atoms with Crippen LogP contribution in [-0.2, 0) is 5.41 Å². The molecule has 0 fully saturated rings. The van der Waals surface area contributed by atoms with Gasteiger partial charge in [0, 0.05) is 22.2 Å². The second-order valence-electron chi connectivity index (χ2n) is 13.3. The largest absolute Gasteiger partial charge is 0.310 e. The van der Waals surface area contributed by atoms with E-state index in [1.165, 1.54) is 55.3 Å². The van der Waals surface area contributed by atoms with E-state index in [1.807, 2.05) is 6.08 Å². The van der Waals surface area contributed by atoms with Crippen LogP contribution in [0, 0.1) is 0 Å². The molecule has 1 aliphatic carbocycles. The van der Waals surface area contributed by atoms with Crippen LogP contribution < -0.4 is 4.90 Å². The molecule has 240 valence electrons. The van der Waals surface area contributed by atoms with Crippen LogP contribution in [0.1, 0.15) is 56.9 Å². The van der Waals surface area contributed by atoms with Crippen molar-refractivity contribution in [2.24, 2.45) is 0 Å². The molecule has 0 aliphatic heterocycles. The minimum absolute atomic E-state index is 0.173. The second kappa shape index (κ2) is 13.1. The van der Waals surface area contributed by atoms with Crippen molar-refractivity contribution in [1.29, 1.82) is 0 Å². The highest BCUT2D eigenvalue weighted by molar-refractivity contribution is 6.04. The highest BCUT2D eigenvalue weighted by atomic mass is 15.1. The molecule has 0 spiro atoms. The van der Waals surface area contributed by atoms with Gasteiger partial charge in [-0.15, -0.1) is 0 Å². The van der Waals surface area contributed by atoms with Gasteiger partial charge < -0.3 is 4.90 Å². The van der Waals surface area contributed by atoms with Gasteiger partial charge >= 0.3 is 0 Å². The van der Waals surface area contributed by atoms with Crippen molar-refractivity contribution in [2.45, 2.75) is 40.0 Å². The molecule has 49 heavy (non-hydrogen) atoms. The van der Waals surface area contributed by atoms with Gasteiger partial charge in [0.1, 0.15) is 0 Å². The first-order valence-corrected chi connectivity index (χ1v) is 17.2. The third-order valence-electron chi connectivity index (χ3n) is 10.0. The molecule has 0 aromatic heterocycles. The molecule has 0 unspecified atom stereocenters. The van der Waals surface area contributed by atoms with E-state index in [0.717, 1.165) is 28.2 Å². The van der Waals surface area contributed by atoms with Crippen molar-refractivity contribution >= 4 is 34.3 Å². The van der Waals surface area contributed by atoms with Crippen LogP contribution in [0.4, 0.5) is 11.4 Å². The van der Waals surface area contributed by atoms with Gasteiger partial charge in [-0.1, -0.05) is 148 Å². The van der Waals surface area contributed by atoms with Gasteiger partial charge in [0.15, 0.2) is 0 Å². The summed E-state index contributed by atoms with van der Waals surface area (Å²) in [4.78, 5) is 2.42. The molecule has 0 amide bonds. The Labute approximate surface area is 291 Å². The lowest BCUT2D eigenvalue weighted by Crippen LogP contribution is -2.19. The zero-order valence-corrected chi connectivity index (χ0v) is 29.2. The Bertz CT molecular complexity index is 2280. The molecule has 7 rings (SSSR count). The molecular formula is C48H43N. The van der Waals surface area contributed by atoms with Gasteiger partial charge in [-0.2, -0.15) is 0 Å². The van der Waals surface area contributed by atoms with E-state index in [-0.39, 0.29) is 5.41 Å². The average Bonchev–Trinajstić information content (AvgIpc) is 3.37. The molecule has 0 atom stereocenters. The monoisotopic (exact) mass is 633 g/mol. The van der Waals surface area contributed by atoms with E-state index >= 15 is 0 Å². The minimum atomic E-state index is -0.173. The first-order valence-electron chi connectivity index (χ1n) is 17.2. The quantitative estimate of drug-likeness (QED) is 0.151. The Kier molecular flexibility index (Phi) is 8.53. The zero-order valence-electron chi connectivity index (χ0n) is 29.2. The number of hydrogen-bond donors (Lipinski definition) is 0. The SMILES string of the molecule is C=Cc1c(/C=C\C)cc(N(C(/C=C\C)=C/C)c2ccc3c(c2)C(C)(C)c2cc(-c4ccc(-c5ccccc5)cc4)ccc2-3)c2ccccc12. The lowest BCUT2D eigenvalue weighted by Gasteiger charge is -2.30. The van der Waals surface area contributed by atoms with E-state index in [9.17, 15) is 0 Å². The molecule has 1 nitrogen and oxygen atoms in total. The van der Waals surface area contributed by atoms with E-state index in [0.29, 0.717) is 0 Å². The number of allylic oxidation sites excluding steroid dienone is 4. The third-order valence-corrected chi connectivity index (χ3v) is 10.0. The summed E-state index contributed by atoms with van der Waals surface area (Å²) in [7, 11) is 0. The van der Waals surface area contributed by atoms with Crippen LogP contribution in [0.5, 0.6) is 0 Å². The Hall–Kier alpha value is -5.66. The number of anilines is 2. The number of nitrogens with zero attached hydrogens (tertiary/aromatic N) is 1. The van der Waals surface area contributed by atoms with E-state index in [4.69, 9.17) is 0 Å². The van der Waals surface area contributed by atoms with Gasteiger partial charge in [-0.3, -0.25) is 0 Å². The van der Waals surface area contributed by atoms with Gasteiger partial charge in [0.05, 0.1) is 5.69 Å². The molecule has 0 radical (unpaired) electrons. The Balaban J connectivity index is 1.34. The lowest BCUT2D eigenvalue weighted by molar-refractivity contribution is 0.660. The van der Waals surface area contributed by atoms with Gasteiger partial charge in [0.2, 0.25) is 0 Å². The van der Waals surface area contributed by atoms with Crippen molar-refractivity contribution in [3.05, 3.63) is 180 Å². The van der Waals surface area contributed by atoms with Crippen molar-refractivity contribution in [1.82, 2.24) is 0 Å². The summed E-state index contributed by atoms with van der Waals surface area (Å²) in [6.45, 7) is 15.2. The summed E-state index contributed by atoms with van der Waals surface area (Å²) in [5, 5.41) is 2.39. The molecule has 1 heteroatoms. The Morgan fingerprint density at radius 2 is 1.20 bits per heavy atom. The molecule has 6 aromatic rings. The molecule has 0 saturated carbocycles. The Morgan fingerprint density at radius 3 is 1.86 bits per heavy atom. The normalized spacial score (nSPS) is 13.6. The molecule has 0 saturated heterocycles. The summed E-state index contributed by atoms with van der Waals surface area (Å²) in [5.41, 5.74) is 15.8.